The van der Waals surface area contributed by atoms with Crippen LogP contribution in [0.15, 0.2) is 30.3 Å². The van der Waals surface area contributed by atoms with Crippen LogP contribution in [0.25, 0.3) is 16.7 Å². The van der Waals surface area contributed by atoms with E-state index in [1.54, 1.807) is 0 Å². The molecule has 0 aliphatic carbocycles. The fraction of sp³-hybridized carbons (Fsp3) is 0.154. The van der Waals surface area contributed by atoms with E-state index >= 15 is 0 Å². The molecule has 0 radical (unpaired) electrons. The van der Waals surface area contributed by atoms with E-state index in [1.165, 1.54) is 11.3 Å². The zero-order chi connectivity index (χ0) is 11.3. The maximum Gasteiger partial charge on any atom is 0.161 e. The number of nitrogens with two attached hydrogens (primary N) is 1. The van der Waals surface area contributed by atoms with Crippen molar-refractivity contribution in [2.75, 3.05) is 5.73 Å². The number of nitrogen functional groups attached to an aromatic ring is 1. The largest absolute Gasteiger partial charge is 0.396 e. The number of nitrogens with zero attached hydrogens (tertiary/aromatic N) is 2. The van der Waals surface area contributed by atoms with E-state index in [-0.39, 0.29) is 0 Å². The highest BCUT2D eigenvalue weighted by molar-refractivity contribution is 5.85. The number of pyridine rings is 1. The van der Waals surface area contributed by atoms with E-state index in [0.717, 1.165) is 22.4 Å². The van der Waals surface area contributed by atoms with E-state index in [4.69, 9.17) is 5.73 Å². The number of para-hydroxylation sites is 2. The lowest BCUT2D eigenvalue weighted by Crippen LogP contribution is -1.99. The van der Waals surface area contributed by atoms with Gasteiger partial charge in [0.05, 0.1) is 16.7 Å². The van der Waals surface area contributed by atoms with Crippen LogP contribution in [0.3, 0.4) is 0 Å². The van der Waals surface area contributed by atoms with Crippen molar-refractivity contribution >= 4 is 22.4 Å². The summed E-state index contributed by atoms with van der Waals surface area (Å²) in [5, 5.41) is 0. The Morgan fingerprint density at radius 1 is 1.19 bits per heavy atom. The molecule has 2 aromatic heterocycles. The molecule has 0 aliphatic heterocycles. The predicted molar refractivity (Wildman–Crippen MR) is 66.6 cm³/mol. The first kappa shape index (κ1) is 9.21. The molecule has 0 atom stereocenters. The molecule has 80 valence electrons. The molecule has 0 spiro atoms. The lowest BCUT2D eigenvalue weighted by Gasteiger charge is -2.07. The summed E-state index contributed by atoms with van der Waals surface area (Å²) in [4.78, 5) is 4.55. The van der Waals surface area contributed by atoms with Gasteiger partial charge in [0, 0.05) is 5.69 Å². The standard InChI is InChI=1S/C13H13N3/c1-8-7-10(14)13-15-11-5-3-4-6-12(11)16(13)9(8)2/h3-7H,14H2,1-2H3. The number of imidazole rings is 1. The Bertz CT molecular complexity index is 695. The van der Waals surface area contributed by atoms with E-state index in [2.05, 4.69) is 29.3 Å². The SMILES string of the molecule is Cc1cc(N)c2nc3ccccc3n2c1C. The van der Waals surface area contributed by atoms with Crippen LogP contribution in [0.1, 0.15) is 11.3 Å². The smallest absolute Gasteiger partial charge is 0.161 e. The highest BCUT2D eigenvalue weighted by Crippen LogP contribution is 2.24. The molecule has 16 heavy (non-hydrogen) atoms. The molecule has 0 saturated heterocycles. The van der Waals surface area contributed by atoms with Crippen molar-refractivity contribution in [3.63, 3.8) is 0 Å². The molecule has 3 aromatic rings. The van der Waals surface area contributed by atoms with Gasteiger partial charge in [-0.3, -0.25) is 4.40 Å². The van der Waals surface area contributed by atoms with Crippen molar-refractivity contribution in [1.82, 2.24) is 9.38 Å². The number of anilines is 1. The van der Waals surface area contributed by atoms with E-state index in [9.17, 15) is 0 Å². The van der Waals surface area contributed by atoms with Crippen molar-refractivity contribution in [2.45, 2.75) is 13.8 Å². The third kappa shape index (κ3) is 1.05. The highest BCUT2D eigenvalue weighted by atomic mass is 15.0. The van der Waals surface area contributed by atoms with Gasteiger partial charge in [-0.2, -0.15) is 0 Å². The van der Waals surface area contributed by atoms with Gasteiger partial charge in [-0.15, -0.1) is 0 Å². The van der Waals surface area contributed by atoms with Crippen LogP contribution < -0.4 is 5.73 Å². The molecule has 3 rings (SSSR count). The summed E-state index contributed by atoms with van der Waals surface area (Å²) in [7, 11) is 0. The average molecular weight is 211 g/mol. The van der Waals surface area contributed by atoms with Gasteiger partial charge in [-0.25, -0.2) is 4.98 Å². The topological polar surface area (TPSA) is 43.3 Å². The van der Waals surface area contributed by atoms with Crippen LogP contribution in [0.5, 0.6) is 0 Å². The fourth-order valence-electron chi connectivity index (χ4n) is 2.14. The van der Waals surface area contributed by atoms with Crippen molar-refractivity contribution in [2.24, 2.45) is 0 Å². The van der Waals surface area contributed by atoms with Crippen LogP contribution in [0.4, 0.5) is 5.69 Å². The minimum Gasteiger partial charge on any atom is -0.396 e. The van der Waals surface area contributed by atoms with Gasteiger partial charge in [-0.1, -0.05) is 12.1 Å². The number of hydrogen-bond acceptors (Lipinski definition) is 2. The maximum atomic E-state index is 6.01. The lowest BCUT2D eigenvalue weighted by atomic mass is 10.2. The Labute approximate surface area is 93.5 Å². The molecule has 3 nitrogen and oxygen atoms in total. The minimum absolute atomic E-state index is 0.735. The third-order valence-corrected chi connectivity index (χ3v) is 3.10. The third-order valence-electron chi connectivity index (χ3n) is 3.10. The minimum atomic E-state index is 0.735. The first-order valence-corrected chi connectivity index (χ1v) is 5.31. The van der Waals surface area contributed by atoms with E-state index in [0.29, 0.717) is 0 Å². The highest BCUT2D eigenvalue weighted by Gasteiger charge is 2.10. The molecule has 0 bridgehead atoms. The van der Waals surface area contributed by atoms with Crippen molar-refractivity contribution in [3.05, 3.63) is 41.6 Å². The van der Waals surface area contributed by atoms with Gasteiger partial charge in [0.2, 0.25) is 0 Å². The summed E-state index contributed by atoms with van der Waals surface area (Å²) < 4.78 is 2.12. The number of fused-ring (bicyclic) bond motifs is 3. The molecule has 0 amide bonds. The number of hydrogen-bond donors (Lipinski definition) is 1. The molecule has 1 aromatic carbocycles. The number of aryl methyl sites for hydroxylation is 2. The number of benzene rings is 1. The van der Waals surface area contributed by atoms with Gasteiger partial charge in [0.1, 0.15) is 0 Å². The average Bonchev–Trinajstić information content (AvgIpc) is 2.66. The molecular formula is C13H13N3. The Morgan fingerprint density at radius 2 is 1.94 bits per heavy atom. The van der Waals surface area contributed by atoms with Gasteiger partial charge in [-0.05, 0) is 37.6 Å². The van der Waals surface area contributed by atoms with Crippen LogP contribution in [0.2, 0.25) is 0 Å². The quantitative estimate of drug-likeness (QED) is 0.621. The Hall–Kier alpha value is -2.03. The molecule has 2 heterocycles. The summed E-state index contributed by atoms with van der Waals surface area (Å²) in [6.45, 7) is 4.16. The number of rotatable bonds is 0. The second-order valence-corrected chi connectivity index (χ2v) is 4.13. The number of aromatic nitrogens is 2. The second kappa shape index (κ2) is 2.98. The van der Waals surface area contributed by atoms with Crippen LogP contribution in [0, 0.1) is 13.8 Å². The predicted octanol–water partition coefficient (Wildman–Crippen LogP) is 2.69. The zero-order valence-electron chi connectivity index (χ0n) is 9.36. The van der Waals surface area contributed by atoms with Crippen LogP contribution in [-0.2, 0) is 0 Å². The van der Waals surface area contributed by atoms with Crippen molar-refractivity contribution in [1.29, 1.82) is 0 Å². The molecule has 0 aliphatic rings. The van der Waals surface area contributed by atoms with Crippen molar-refractivity contribution in [3.8, 4) is 0 Å². The van der Waals surface area contributed by atoms with E-state index in [1.807, 2.05) is 24.3 Å². The normalized spacial score (nSPS) is 11.4. The summed E-state index contributed by atoms with van der Waals surface area (Å²) in [6.07, 6.45) is 0. The monoisotopic (exact) mass is 211 g/mol. The fourth-order valence-corrected chi connectivity index (χ4v) is 2.14. The van der Waals surface area contributed by atoms with Crippen LogP contribution in [-0.4, -0.2) is 9.38 Å². The summed E-state index contributed by atoms with van der Waals surface area (Å²) in [5.41, 5.74) is 12.1. The Balaban J connectivity index is 2.66. The molecule has 2 N–H and O–H groups in total. The first-order valence-electron chi connectivity index (χ1n) is 5.31. The second-order valence-electron chi connectivity index (χ2n) is 4.13. The van der Waals surface area contributed by atoms with Gasteiger partial charge < -0.3 is 5.73 Å². The van der Waals surface area contributed by atoms with Crippen LogP contribution >= 0.6 is 0 Å². The van der Waals surface area contributed by atoms with Gasteiger partial charge in [0.25, 0.3) is 0 Å². The molecule has 3 heteroatoms. The lowest BCUT2D eigenvalue weighted by molar-refractivity contribution is 1.09. The molecule has 0 saturated carbocycles. The summed E-state index contributed by atoms with van der Waals surface area (Å²) in [6, 6.07) is 10.1. The Morgan fingerprint density at radius 3 is 2.75 bits per heavy atom. The van der Waals surface area contributed by atoms with E-state index < -0.39 is 0 Å². The zero-order valence-corrected chi connectivity index (χ0v) is 9.36. The summed E-state index contributed by atoms with van der Waals surface area (Å²) >= 11 is 0. The van der Waals surface area contributed by atoms with Gasteiger partial charge in [0.15, 0.2) is 5.65 Å². The maximum absolute atomic E-state index is 6.01. The molecule has 0 unspecified atom stereocenters. The first-order chi connectivity index (χ1) is 7.68. The molecular weight excluding hydrogens is 198 g/mol. The Kier molecular flexibility index (Phi) is 1.72. The summed E-state index contributed by atoms with van der Waals surface area (Å²) in [5.74, 6) is 0. The van der Waals surface area contributed by atoms with Crippen molar-refractivity contribution < 1.29 is 0 Å². The van der Waals surface area contributed by atoms with Gasteiger partial charge >= 0.3 is 0 Å². The molecule has 0 fully saturated rings.